The molecule has 2 rings (SSSR count). The molecule has 0 fully saturated rings. The highest BCUT2D eigenvalue weighted by molar-refractivity contribution is 6.30. The van der Waals surface area contributed by atoms with Gasteiger partial charge in [0.05, 0.1) is 6.61 Å². The highest BCUT2D eigenvalue weighted by Gasteiger charge is 2.17. The van der Waals surface area contributed by atoms with E-state index in [2.05, 4.69) is 16.5 Å². The second kappa shape index (κ2) is 7.85. The van der Waals surface area contributed by atoms with Gasteiger partial charge < -0.3 is 10.0 Å². The number of aliphatic hydroxyl groups is 1. The van der Waals surface area contributed by atoms with Crippen LogP contribution >= 0.6 is 11.6 Å². The van der Waals surface area contributed by atoms with Gasteiger partial charge in [-0.25, -0.2) is 9.97 Å². The molecule has 0 saturated carbocycles. The molecular weight excluding hydrogens is 314 g/mol. The van der Waals surface area contributed by atoms with E-state index in [1.165, 1.54) is 4.90 Å². The van der Waals surface area contributed by atoms with Gasteiger partial charge in [0.2, 0.25) is 0 Å². The Labute approximate surface area is 140 Å². The smallest absolute Gasteiger partial charge is 0.272 e. The fraction of sp³-hybridized carbons (Fsp3) is 0.235. The average molecular weight is 332 g/mol. The third-order valence-corrected chi connectivity index (χ3v) is 3.43. The lowest BCUT2D eigenvalue weighted by atomic mass is 10.2. The average Bonchev–Trinajstić information content (AvgIpc) is 2.54. The van der Waals surface area contributed by atoms with Crippen LogP contribution < -0.4 is 0 Å². The number of aliphatic hydroxyl groups excluding tert-OH is 1. The minimum absolute atomic E-state index is 0.117. The Balaban J connectivity index is 2.37. The monoisotopic (exact) mass is 331 g/mol. The fourth-order valence-corrected chi connectivity index (χ4v) is 2.25. The third kappa shape index (κ3) is 4.37. The lowest BCUT2D eigenvalue weighted by Crippen LogP contribution is -2.34. The van der Waals surface area contributed by atoms with E-state index in [1.807, 2.05) is 6.92 Å². The van der Waals surface area contributed by atoms with E-state index in [4.69, 9.17) is 16.7 Å². The molecular formula is C17H18ClN3O2. The first-order valence-corrected chi connectivity index (χ1v) is 7.55. The molecule has 0 aliphatic carbocycles. The quantitative estimate of drug-likeness (QED) is 0.826. The molecule has 0 aliphatic heterocycles. The number of nitrogens with zero attached hydrogens (tertiary/aromatic N) is 3. The molecule has 6 heteroatoms. The number of halogens is 1. The van der Waals surface area contributed by atoms with Crippen molar-refractivity contribution in [1.29, 1.82) is 0 Å². The van der Waals surface area contributed by atoms with Gasteiger partial charge >= 0.3 is 0 Å². The minimum Gasteiger partial charge on any atom is -0.395 e. The van der Waals surface area contributed by atoms with Crippen LogP contribution in [0.15, 0.2) is 43.0 Å². The van der Waals surface area contributed by atoms with Crippen LogP contribution in [-0.4, -0.2) is 45.6 Å². The highest BCUT2D eigenvalue weighted by Crippen LogP contribution is 2.19. The van der Waals surface area contributed by atoms with E-state index in [0.29, 0.717) is 23.1 Å². The van der Waals surface area contributed by atoms with Crippen molar-refractivity contribution >= 4 is 17.5 Å². The standard InChI is InChI=1S/C17H18ClN3O2/c1-3-8-21(9-10-22)17(23)15-11-12(2)19-16(20-15)13-4-6-14(18)7-5-13/h3-7,11,22H,1,8-10H2,2H3. The lowest BCUT2D eigenvalue weighted by molar-refractivity contribution is 0.0737. The number of hydrogen-bond donors (Lipinski definition) is 1. The second-order valence-electron chi connectivity index (χ2n) is 4.99. The number of rotatable bonds is 6. The molecule has 0 atom stereocenters. The maximum atomic E-state index is 12.6. The van der Waals surface area contributed by atoms with Gasteiger partial charge in [0, 0.05) is 29.4 Å². The first-order chi connectivity index (χ1) is 11.0. The van der Waals surface area contributed by atoms with Gasteiger partial charge in [-0.2, -0.15) is 0 Å². The molecule has 1 aromatic carbocycles. The molecule has 1 amide bonds. The predicted octanol–water partition coefficient (Wildman–Crippen LogP) is 2.73. The predicted molar refractivity (Wildman–Crippen MR) is 90.4 cm³/mol. The summed E-state index contributed by atoms with van der Waals surface area (Å²) in [5.74, 6) is 0.201. The Kier molecular flexibility index (Phi) is 5.84. The van der Waals surface area contributed by atoms with Gasteiger partial charge in [0.1, 0.15) is 5.69 Å². The van der Waals surface area contributed by atoms with Gasteiger partial charge in [-0.05, 0) is 37.3 Å². The molecule has 0 spiro atoms. The zero-order chi connectivity index (χ0) is 16.8. The van der Waals surface area contributed by atoms with Crippen molar-refractivity contribution in [1.82, 2.24) is 14.9 Å². The topological polar surface area (TPSA) is 66.3 Å². The van der Waals surface area contributed by atoms with Crippen LogP contribution in [0.1, 0.15) is 16.2 Å². The third-order valence-electron chi connectivity index (χ3n) is 3.18. The Hall–Kier alpha value is -2.24. The van der Waals surface area contributed by atoms with Crippen LogP contribution in [0, 0.1) is 6.92 Å². The van der Waals surface area contributed by atoms with Crippen molar-refractivity contribution in [3.05, 3.63) is 59.4 Å². The summed E-state index contributed by atoms with van der Waals surface area (Å²) < 4.78 is 0. The normalized spacial score (nSPS) is 10.4. The number of hydrogen-bond acceptors (Lipinski definition) is 4. The van der Waals surface area contributed by atoms with Crippen molar-refractivity contribution in [3.63, 3.8) is 0 Å². The van der Waals surface area contributed by atoms with E-state index in [1.54, 1.807) is 36.4 Å². The summed E-state index contributed by atoms with van der Waals surface area (Å²) in [5.41, 5.74) is 1.76. The molecule has 1 aromatic heterocycles. The fourth-order valence-electron chi connectivity index (χ4n) is 2.12. The summed E-state index contributed by atoms with van der Waals surface area (Å²) in [6.45, 7) is 5.89. The summed E-state index contributed by atoms with van der Waals surface area (Å²) in [6.07, 6.45) is 1.61. The van der Waals surface area contributed by atoms with Crippen LogP contribution in [0.5, 0.6) is 0 Å². The van der Waals surface area contributed by atoms with Crippen molar-refractivity contribution in [2.24, 2.45) is 0 Å². The molecule has 5 nitrogen and oxygen atoms in total. The molecule has 1 heterocycles. The minimum atomic E-state index is -0.264. The zero-order valence-electron chi connectivity index (χ0n) is 12.9. The first-order valence-electron chi connectivity index (χ1n) is 7.18. The molecule has 1 N–H and O–H groups in total. The molecule has 23 heavy (non-hydrogen) atoms. The molecule has 0 aliphatic rings. The number of amides is 1. The number of aromatic nitrogens is 2. The lowest BCUT2D eigenvalue weighted by Gasteiger charge is -2.19. The van der Waals surface area contributed by atoms with Crippen LogP contribution in [0.2, 0.25) is 5.02 Å². The van der Waals surface area contributed by atoms with Gasteiger partial charge in [-0.15, -0.1) is 6.58 Å². The van der Waals surface area contributed by atoms with Crippen molar-refractivity contribution in [2.75, 3.05) is 19.7 Å². The molecule has 120 valence electrons. The largest absolute Gasteiger partial charge is 0.395 e. The molecule has 0 bridgehead atoms. The van der Waals surface area contributed by atoms with Crippen LogP contribution in [0.3, 0.4) is 0 Å². The zero-order valence-corrected chi connectivity index (χ0v) is 13.6. The Morgan fingerprint density at radius 1 is 1.35 bits per heavy atom. The Morgan fingerprint density at radius 3 is 2.65 bits per heavy atom. The molecule has 0 saturated heterocycles. The van der Waals surface area contributed by atoms with E-state index in [-0.39, 0.29) is 24.8 Å². The maximum Gasteiger partial charge on any atom is 0.272 e. The van der Waals surface area contributed by atoms with Crippen molar-refractivity contribution in [3.8, 4) is 11.4 Å². The summed E-state index contributed by atoms with van der Waals surface area (Å²) in [5, 5.41) is 9.72. The number of aryl methyl sites for hydroxylation is 1. The van der Waals surface area contributed by atoms with E-state index < -0.39 is 0 Å². The number of benzene rings is 1. The molecule has 0 radical (unpaired) electrons. The highest BCUT2D eigenvalue weighted by atomic mass is 35.5. The van der Waals surface area contributed by atoms with Gasteiger partial charge in [-0.1, -0.05) is 17.7 Å². The second-order valence-corrected chi connectivity index (χ2v) is 5.42. The number of carbonyl (C=O) groups excluding carboxylic acids is 1. The van der Waals surface area contributed by atoms with Crippen LogP contribution in [0.4, 0.5) is 0 Å². The van der Waals surface area contributed by atoms with Gasteiger partial charge in [0.15, 0.2) is 5.82 Å². The summed E-state index contributed by atoms with van der Waals surface area (Å²) in [7, 11) is 0. The van der Waals surface area contributed by atoms with Crippen LogP contribution in [-0.2, 0) is 0 Å². The van der Waals surface area contributed by atoms with Crippen molar-refractivity contribution < 1.29 is 9.90 Å². The van der Waals surface area contributed by atoms with E-state index in [9.17, 15) is 4.79 Å². The summed E-state index contributed by atoms with van der Waals surface area (Å²) in [6, 6.07) is 8.75. The molecule has 2 aromatic rings. The summed E-state index contributed by atoms with van der Waals surface area (Å²) >= 11 is 5.89. The van der Waals surface area contributed by atoms with Crippen LogP contribution in [0.25, 0.3) is 11.4 Å². The van der Waals surface area contributed by atoms with E-state index >= 15 is 0 Å². The first kappa shape index (κ1) is 17.1. The number of carbonyl (C=O) groups is 1. The van der Waals surface area contributed by atoms with Crippen molar-refractivity contribution in [2.45, 2.75) is 6.92 Å². The maximum absolute atomic E-state index is 12.6. The summed E-state index contributed by atoms with van der Waals surface area (Å²) in [4.78, 5) is 22.8. The van der Waals surface area contributed by atoms with E-state index in [0.717, 1.165) is 5.56 Å². The SMILES string of the molecule is C=CCN(CCO)C(=O)c1cc(C)nc(-c2ccc(Cl)cc2)n1. The van der Waals surface area contributed by atoms with Gasteiger partial charge in [0.25, 0.3) is 5.91 Å². The molecule has 0 unspecified atom stereocenters. The van der Waals surface area contributed by atoms with Gasteiger partial charge in [-0.3, -0.25) is 4.79 Å². The Morgan fingerprint density at radius 2 is 2.04 bits per heavy atom. The Bertz CT molecular complexity index is 701.